The molecular weight excluding hydrogens is 160 g/mol. The lowest BCUT2D eigenvalue weighted by atomic mass is 9.97. The lowest BCUT2D eigenvalue weighted by molar-refractivity contribution is 0.356. The van der Waals surface area contributed by atoms with Gasteiger partial charge in [0.1, 0.15) is 5.75 Å². The summed E-state index contributed by atoms with van der Waals surface area (Å²) in [5.74, 6) is 1.16. The molecule has 68 valence electrons. The van der Waals surface area contributed by atoms with E-state index in [1.165, 1.54) is 36.0 Å². The van der Waals surface area contributed by atoms with Gasteiger partial charge < -0.3 is 4.74 Å². The van der Waals surface area contributed by atoms with E-state index in [0.29, 0.717) is 0 Å². The molecule has 0 atom stereocenters. The normalized spacial score (nSPS) is 18.2. The van der Waals surface area contributed by atoms with Crippen molar-refractivity contribution in [2.45, 2.75) is 32.6 Å². The van der Waals surface area contributed by atoms with E-state index in [0.717, 1.165) is 18.8 Å². The van der Waals surface area contributed by atoms with Crippen LogP contribution in [0.5, 0.6) is 5.75 Å². The minimum Gasteiger partial charge on any atom is -0.493 e. The third-order valence-electron chi connectivity index (χ3n) is 3.38. The van der Waals surface area contributed by atoms with Gasteiger partial charge in [0.15, 0.2) is 0 Å². The van der Waals surface area contributed by atoms with Crippen LogP contribution in [-0.4, -0.2) is 6.61 Å². The van der Waals surface area contributed by atoms with Crippen LogP contribution in [0.25, 0.3) is 0 Å². The lowest BCUT2D eigenvalue weighted by Crippen LogP contribution is -1.92. The molecule has 0 radical (unpaired) electrons. The van der Waals surface area contributed by atoms with E-state index in [2.05, 4.69) is 13.0 Å². The van der Waals surface area contributed by atoms with Crippen molar-refractivity contribution < 1.29 is 4.74 Å². The SMILES string of the molecule is Cc1c2c(cc3c1CCO3)CCC2. The smallest absolute Gasteiger partial charge is 0.123 e. The largest absolute Gasteiger partial charge is 0.493 e. The van der Waals surface area contributed by atoms with Crippen molar-refractivity contribution in [3.05, 3.63) is 28.3 Å². The van der Waals surface area contributed by atoms with E-state index in [1.807, 2.05) is 0 Å². The first kappa shape index (κ1) is 7.43. The summed E-state index contributed by atoms with van der Waals surface area (Å²) < 4.78 is 5.60. The van der Waals surface area contributed by atoms with Gasteiger partial charge in [0.2, 0.25) is 0 Å². The molecule has 1 nitrogen and oxygen atoms in total. The first-order valence-corrected chi connectivity index (χ1v) is 5.13. The van der Waals surface area contributed by atoms with Crippen LogP contribution in [0, 0.1) is 6.92 Å². The Balaban J connectivity index is 2.26. The second-order valence-electron chi connectivity index (χ2n) is 4.07. The molecule has 0 spiro atoms. The zero-order chi connectivity index (χ0) is 8.84. The van der Waals surface area contributed by atoms with Crippen molar-refractivity contribution in [3.8, 4) is 5.75 Å². The van der Waals surface area contributed by atoms with E-state index in [1.54, 1.807) is 5.56 Å². The van der Waals surface area contributed by atoms with Gasteiger partial charge in [-0.2, -0.15) is 0 Å². The van der Waals surface area contributed by atoms with E-state index in [4.69, 9.17) is 4.74 Å². The summed E-state index contributed by atoms with van der Waals surface area (Å²) in [6, 6.07) is 2.28. The maximum Gasteiger partial charge on any atom is 0.123 e. The predicted molar refractivity (Wildman–Crippen MR) is 52.4 cm³/mol. The molecule has 0 aromatic heterocycles. The van der Waals surface area contributed by atoms with Gasteiger partial charge in [0, 0.05) is 12.0 Å². The standard InChI is InChI=1S/C12H14O/c1-8-10-4-2-3-9(10)7-12-11(8)5-6-13-12/h7H,2-6H2,1H3. The molecule has 0 unspecified atom stereocenters. The quantitative estimate of drug-likeness (QED) is 0.587. The average Bonchev–Trinajstić information content (AvgIpc) is 2.71. The summed E-state index contributed by atoms with van der Waals surface area (Å²) >= 11 is 0. The Morgan fingerprint density at radius 3 is 3.00 bits per heavy atom. The molecule has 13 heavy (non-hydrogen) atoms. The maximum absolute atomic E-state index is 5.60. The number of hydrogen-bond donors (Lipinski definition) is 0. The molecule has 1 heterocycles. The molecule has 0 saturated carbocycles. The van der Waals surface area contributed by atoms with Crippen molar-refractivity contribution in [2.75, 3.05) is 6.61 Å². The van der Waals surface area contributed by atoms with Gasteiger partial charge in [0.25, 0.3) is 0 Å². The van der Waals surface area contributed by atoms with Crippen LogP contribution in [0.1, 0.15) is 28.7 Å². The molecule has 0 bridgehead atoms. The molecule has 0 saturated heterocycles. The fraction of sp³-hybridized carbons (Fsp3) is 0.500. The minimum absolute atomic E-state index is 0.888. The zero-order valence-corrected chi connectivity index (χ0v) is 8.02. The van der Waals surface area contributed by atoms with Crippen LogP contribution in [0.2, 0.25) is 0 Å². The maximum atomic E-state index is 5.60. The van der Waals surface area contributed by atoms with Crippen LogP contribution >= 0.6 is 0 Å². The Hall–Kier alpha value is -0.980. The Bertz CT molecular complexity index is 334. The van der Waals surface area contributed by atoms with Gasteiger partial charge in [-0.05, 0) is 48.9 Å². The third-order valence-corrected chi connectivity index (χ3v) is 3.38. The summed E-state index contributed by atoms with van der Waals surface area (Å²) in [7, 11) is 0. The summed E-state index contributed by atoms with van der Waals surface area (Å²) in [5, 5.41) is 0. The second kappa shape index (κ2) is 2.50. The number of benzene rings is 1. The molecule has 0 N–H and O–H groups in total. The molecule has 1 aliphatic carbocycles. The van der Waals surface area contributed by atoms with Gasteiger partial charge in [-0.3, -0.25) is 0 Å². The van der Waals surface area contributed by atoms with Crippen LogP contribution in [0.15, 0.2) is 6.07 Å². The molecule has 1 aromatic rings. The highest BCUT2D eigenvalue weighted by molar-refractivity contribution is 5.52. The number of rotatable bonds is 0. The van der Waals surface area contributed by atoms with Crippen LogP contribution in [0.4, 0.5) is 0 Å². The number of ether oxygens (including phenoxy) is 1. The van der Waals surface area contributed by atoms with Crippen LogP contribution < -0.4 is 4.74 Å². The molecule has 2 aliphatic rings. The minimum atomic E-state index is 0.888. The average molecular weight is 174 g/mol. The molecule has 1 aliphatic heterocycles. The molecule has 1 heteroatoms. The first-order valence-electron chi connectivity index (χ1n) is 5.13. The van der Waals surface area contributed by atoms with Gasteiger partial charge in [0.05, 0.1) is 6.61 Å². The van der Waals surface area contributed by atoms with Crippen molar-refractivity contribution in [1.82, 2.24) is 0 Å². The van der Waals surface area contributed by atoms with Crippen LogP contribution in [-0.2, 0) is 19.3 Å². The Labute approximate surface area is 78.7 Å². The van der Waals surface area contributed by atoms with E-state index < -0.39 is 0 Å². The number of aryl methyl sites for hydroxylation is 1. The van der Waals surface area contributed by atoms with Crippen LogP contribution in [0.3, 0.4) is 0 Å². The molecular formula is C12H14O. The monoisotopic (exact) mass is 174 g/mol. The summed E-state index contributed by atoms with van der Waals surface area (Å²) in [4.78, 5) is 0. The Morgan fingerprint density at radius 2 is 2.08 bits per heavy atom. The van der Waals surface area contributed by atoms with E-state index >= 15 is 0 Å². The fourth-order valence-corrected chi connectivity index (χ4v) is 2.67. The molecule has 0 fully saturated rings. The Kier molecular flexibility index (Phi) is 1.43. The Morgan fingerprint density at radius 1 is 1.15 bits per heavy atom. The van der Waals surface area contributed by atoms with Gasteiger partial charge in [-0.15, -0.1) is 0 Å². The highest BCUT2D eigenvalue weighted by Gasteiger charge is 2.22. The first-order chi connectivity index (χ1) is 6.36. The van der Waals surface area contributed by atoms with E-state index in [9.17, 15) is 0 Å². The highest BCUT2D eigenvalue weighted by Crippen LogP contribution is 2.36. The highest BCUT2D eigenvalue weighted by atomic mass is 16.5. The fourth-order valence-electron chi connectivity index (χ4n) is 2.67. The van der Waals surface area contributed by atoms with E-state index in [-0.39, 0.29) is 0 Å². The summed E-state index contributed by atoms with van der Waals surface area (Å²) in [6.07, 6.45) is 4.99. The van der Waals surface area contributed by atoms with Crippen molar-refractivity contribution in [3.63, 3.8) is 0 Å². The van der Waals surface area contributed by atoms with Crippen molar-refractivity contribution >= 4 is 0 Å². The summed E-state index contributed by atoms with van der Waals surface area (Å²) in [5.41, 5.74) is 6.14. The van der Waals surface area contributed by atoms with Gasteiger partial charge in [-0.1, -0.05) is 0 Å². The molecule has 1 aromatic carbocycles. The van der Waals surface area contributed by atoms with Gasteiger partial charge in [-0.25, -0.2) is 0 Å². The van der Waals surface area contributed by atoms with Crippen molar-refractivity contribution in [1.29, 1.82) is 0 Å². The zero-order valence-electron chi connectivity index (χ0n) is 8.02. The van der Waals surface area contributed by atoms with Crippen molar-refractivity contribution in [2.24, 2.45) is 0 Å². The number of fused-ring (bicyclic) bond motifs is 2. The topological polar surface area (TPSA) is 9.23 Å². The predicted octanol–water partition coefficient (Wildman–Crippen LogP) is 2.42. The second-order valence-corrected chi connectivity index (χ2v) is 4.07. The molecule has 0 amide bonds. The summed E-state index contributed by atoms with van der Waals surface area (Å²) in [6.45, 7) is 3.15. The number of hydrogen-bond acceptors (Lipinski definition) is 1. The molecule has 3 rings (SSSR count). The lowest BCUT2D eigenvalue weighted by Gasteiger charge is -2.08. The third kappa shape index (κ3) is 0.932. The van der Waals surface area contributed by atoms with Gasteiger partial charge >= 0.3 is 0 Å².